The van der Waals surface area contributed by atoms with Crippen molar-refractivity contribution >= 4 is 29.3 Å². The summed E-state index contributed by atoms with van der Waals surface area (Å²) in [4.78, 5) is 37.5. The number of nitrogens with two attached hydrogens (primary N) is 1. The van der Waals surface area contributed by atoms with Crippen LogP contribution in [-0.4, -0.2) is 58.2 Å². The average molecular weight is 420 g/mol. The summed E-state index contributed by atoms with van der Waals surface area (Å²) < 4.78 is 5.34. The molecule has 2 amide bonds. The van der Waals surface area contributed by atoms with Crippen molar-refractivity contribution in [2.24, 2.45) is 5.73 Å². The SMILES string of the molecule is CNc1ncc2c(n1)N1CCCC1CN(c1cccc(-c3nnc(C(N)=O)o3)c1)C2=O. The second-order valence-electron chi connectivity index (χ2n) is 7.41. The van der Waals surface area contributed by atoms with Crippen molar-refractivity contribution in [1.82, 2.24) is 20.2 Å². The number of amides is 2. The Morgan fingerprint density at radius 1 is 1.32 bits per heavy atom. The van der Waals surface area contributed by atoms with Crippen molar-refractivity contribution in [2.75, 3.05) is 35.3 Å². The van der Waals surface area contributed by atoms with Gasteiger partial charge in [0.15, 0.2) is 0 Å². The highest BCUT2D eigenvalue weighted by molar-refractivity contribution is 6.10. The highest BCUT2D eigenvalue weighted by atomic mass is 16.4. The third-order valence-corrected chi connectivity index (χ3v) is 5.55. The fraction of sp³-hybridized carbons (Fsp3) is 0.300. The van der Waals surface area contributed by atoms with Gasteiger partial charge in [-0.2, -0.15) is 4.98 Å². The van der Waals surface area contributed by atoms with Crippen LogP contribution in [0.1, 0.15) is 33.9 Å². The van der Waals surface area contributed by atoms with E-state index in [9.17, 15) is 9.59 Å². The molecule has 4 heterocycles. The zero-order valence-corrected chi connectivity index (χ0v) is 16.8. The zero-order chi connectivity index (χ0) is 21.5. The molecule has 0 bridgehead atoms. The Morgan fingerprint density at radius 3 is 2.97 bits per heavy atom. The topological polar surface area (TPSA) is 143 Å². The van der Waals surface area contributed by atoms with E-state index in [1.54, 1.807) is 36.3 Å². The van der Waals surface area contributed by atoms with Gasteiger partial charge in [-0.3, -0.25) is 9.59 Å². The fourth-order valence-electron chi connectivity index (χ4n) is 4.08. The predicted octanol–water partition coefficient (Wildman–Crippen LogP) is 1.30. The lowest BCUT2D eigenvalue weighted by molar-refractivity contribution is 0.0965. The first-order chi connectivity index (χ1) is 15.0. The molecule has 2 aliphatic heterocycles. The van der Waals surface area contributed by atoms with Crippen molar-refractivity contribution in [3.8, 4) is 11.5 Å². The maximum atomic E-state index is 13.5. The summed E-state index contributed by atoms with van der Waals surface area (Å²) in [5.41, 5.74) is 6.92. The lowest BCUT2D eigenvalue weighted by Gasteiger charge is -2.27. The first-order valence-corrected chi connectivity index (χ1v) is 9.92. The van der Waals surface area contributed by atoms with E-state index in [-0.39, 0.29) is 23.7 Å². The lowest BCUT2D eigenvalue weighted by Crippen LogP contribution is -2.39. The minimum atomic E-state index is -0.795. The van der Waals surface area contributed by atoms with Crippen LogP contribution in [0, 0.1) is 0 Å². The van der Waals surface area contributed by atoms with Gasteiger partial charge in [0, 0.05) is 43.6 Å². The Labute approximate surface area is 177 Å². The molecule has 1 aromatic carbocycles. The molecule has 5 rings (SSSR count). The number of nitrogens with one attached hydrogen (secondary N) is 1. The summed E-state index contributed by atoms with van der Waals surface area (Å²) in [6.45, 7) is 1.36. The van der Waals surface area contributed by atoms with Gasteiger partial charge >= 0.3 is 11.8 Å². The Kier molecular flexibility index (Phi) is 4.50. The highest BCUT2D eigenvalue weighted by Gasteiger charge is 2.37. The molecule has 0 radical (unpaired) electrons. The summed E-state index contributed by atoms with van der Waals surface area (Å²) in [7, 11) is 1.75. The van der Waals surface area contributed by atoms with Crippen LogP contribution in [0.3, 0.4) is 0 Å². The molecule has 1 saturated heterocycles. The van der Waals surface area contributed by atoms with Crippen molar-refractivity contribution in [2.45, 2.75) is 18.9 Å². The maximum Gasteiger partial charge on any atom is 0.306 e. The second-order valence-corrected chi connectivity index (χ2v) is 7.41. The summed E-state index contributed by atoms with van der Waals surface area (Å²) in [5, 5.41) is 10.5. The van der Waals surface area contributed by atoms with Gasteiger partial charge in [0.1, 0.15) is 11.4 Å². The van der Waals surface area contributed by atoms with E-state index < -0.39 is 5.91 Å². The van der Waals surface area contributed by atoms with Gasteiger partial charge in [0.2, 0.25) is 11.8 Å². The molecule has 3 N–H and O–H groups in total. The molecule has 3 aromatic rings. The quantitative estimate of drug-likeness (QED) is 0.638. The third-order valence-electron chi connectivity index (χ3n) is 5.55. The molecule has 0 aliphatic carbocycles. The van der Waals surface area contributed by atoms with E-state index in [2.05, 4.69) is 30.4 Å². The molecular formula is C20H20N8O3. The van der Waals surface area contributed by atoms with E-state index in [1.807, 2.05) is 6.07 Å². The van der Waals surface area contributed by atoms with Crippen molar-refractivity contribution in [1.29, 1.82) is 0 Å². The molecule has 2 aliphatic rings. The van der Waals surface area contributed by atoms with Crippen molar-refractivity contribution < 1.29 is 14.0 Å². The fourth-order valence-corrected chi connectivity index (χ4v) is 4.08. The van der Waals surface area contributed by atoms with Gasteiger partial charge in [-0.25, -0.2) is 4.98 Å². The molecule has 1 fully saturated rings. The number of hydrogen-bond donors (Lipinski definition) is 2. The minimum Gasteiger partial charge on any atom is -0.412 e. The van der Waals surface area contributed by atoms with Crippen LogP contribution in [0.5, 0.6) is 0 Å². The molecule has 158 valence electrons. The Balaban J connectivity index is 1.55. The lowest BCUT2D eigenvalue weighted by atomic mass is 10.1. The number of fused-ring (bicyclic) bond motifs is 3. The number of anilines is 3. The van der Waals surface area contributed by atoms with E-state index in [1.165, 1.54) is 0 Å². The molecular weight excluding hydrogens is 400 g/mol. The summed E-state index contributed by atoms with van der Waals surface area (Å²) in [5.74, 6) is 0.0638. The highest BCUT2D eigenvalue weighted by Crippen LogP contribution is 2.35. The largest absolute Gasteiger partial charge is 0.412 e. The van der Waals surface area contributed by atoms with E-state index >= 15 is 0 Å². The summed E-state index contributed by atoms with van der Waals surface area (Å²) in [6, 6.07) is 7.34. The number of aromatic nitrogens is 4. The molecule has 1 atom stereocenters. The Bertz CT molecular complexity index is 1180. The number of primary amides is 1. The normalized spacial score (nSPS) is 17.8. The maximum absolute atomic E-state index is 13.5. The zero-order valence-electron chi connectivity index (χ0n) is 16.8. The van der Waals surface area contributed by atoms with Crippen LogP contribution in [0.15, 0.2) is 34.9 Å². The monoisotopic (exact) mass is 420 g/mol. The number of benzene rings is 1. The van der Waals surface area contributed by atoms with Crippen LogP contribution in [0.2, 0.25) is 0 Å². The Morgan fingerprint density at radius 2 is 2.19 bits per heavy atom. The van der Waals surface area contributed by atoms with Crippen LogP contribution >= 0.6 is 0 Å². The van der Waals surface area contributed by atoms with E-state index in [0.717, 1.165) is 19.4 Å². The third kappa shape index (κ3) is 3.23. The van der Waals surface area contributed by atoms with E-state index in [0.29, 0.717) is 35.1 Å². The molecule has 1 unspecified atom stereocenters. The van der Waals surface area contributed by atoms with E-state index in [4.69, 9.17) is 10.2 Å². The van der Waals surface area contributed by atoms with Gasteiger partial charge in [-0.1, -0.05) is 6.07 Å². The summed E-state index contributed by atoms with van der Waals surface area (Å²) in [6.07, 6.45) is 3.57. The molecule has 2 aromatic heterocycles. The smallest absolute Gasteiger partial charge is 0.306 e. The second kappa shape index (κ2) is 7.35. The standard InChI is InChI=1S/C20H20N8O3/c1-22-20-23-9-14-16(24-20)27-7-3-6-13(27)10-28(19(14)30)12-5-2-4-11(8-12)17-25-26-18(31-17)15(21)29/h2,4-5,8-9,13H,3,6-7,10H2,1H3,(H2,21,29)(H,22,23,24). The molecule has 31 heavy (non-hydrogen) atoms. The molecule has 0 spiro atoms. The minimum absolute atomic E-state index is 0.151. The number of hydrogen-bond acceptors (Lipinski definition) is 9. The van der Waals surface area contributed by atoms with Crippen molar-refractivity contribution in [3.05, 3.63) is 41.9 Å². The molecule has 11 nitrogen and oxygen atoms in total. The number of rotatable bonds is 4. The van der Waals surface area contributed by atoms with Gasteiger partial charge < -0.3 is 25.3 Å². The van der Waals surface area contributed by atoms with Gasteiger partial charge in [-0.15, -0.1) is 10.2 Å². The molecule has 11 heteroatoms. The first-order valence-electron chi connectivity index (χ1n) is 9.92. The van der Waals surface area contributed by atoms with Crippen LogP contribution in [0.25, 0.3) is 11.5 Å². The van der Waals surface area contributed by atoms with Crippen molar-refractivity contribution in [3.63, 3.8) is 0 Å². The average Bonchev–Trinajstić information content (AvgIpc) is 3.45. The van der Waals surface area contributed by atoms with Crippen LogP contribution < -0.4 is 20.9 Å². The number of carbonyl (C=O) groups is 2. The summed E-state index contributed by atoms with van der Waals surface area (Å²) >= 11 is 0. The number of carbonyl (C=O) groups excluding carboxylic acids is 2. The van der Waals surface area contributed by atoms with Crippen LogP contribution in [0.4, 0.5) is 17.5 Å². The first kappa shape index (κ1) is 19.0. The van der Waals surface area contributed by atoms with Gasteiger partial charge in [0.05, 0.1) is 0 Å². The van der Waals surface area contributed by atoms with Crippen LogP contribution in [-0.2, 0) is 0 Å². The predicted molar refractivity (Wildman–Crippen MR) is 112 cm³/mol. The number of nitrogens with zero attached hydrogens (tertiary/aromatic N) is 6. The van der Waals surface area contributed by atoms with Gasteiger partial charge in [-0.05, 0) is 31.0 Å². The molecule has 0 saturated carbocycles. The Hall–Kier alpha value is -4.02. The van der Waals surface area contributed by atoms with Gasteiger partial charge in [0.25, 0.3) is 5.91 Å².